The lowest BCUT2D eigenvalue weighted by molar-refractivity contribution is -0.385. The van der Waals surface area contributed by atoms with Crippen LogP contribution in [0.1, 0.15) is 48.4 Å². The van der Waals surface area contributed by atoms with E-state index in [1.54, 1.807) is 28.9 Å². The molecule has 0 saturated carbocycles. The normalized spacial score (nSPS) is 21.5. The Bertz CT molecular complexity index is 1720. The van der Waals surface area contributed by atoms with E-state index in [2.05, 4.69) is 0 Å². The molecule has 238 valence electrons. The van der Waals surface area contributed by atoms with Crippen LogP contribution in [0.25, 0.3) is 0 Å². The molecule has 3 aliphatic rings. The quantitative estimate of drug-likeness (QED) is 0.208. The van der Waals surface area contributed by atoms with Gasteiger partial charge in [0.25, 0.3) is 11.6 Å². The molecule has 11 nitrogen and oxygen atoms in total. The molecule has 3 amide bonds. The highest BCUT2D eigenvalue weighted by molar-refractivity contribution is 6.07. The van der Waals surface area contributed by atoms with Gasteiger partial charge in [-0.2, -0.15) is 0 Å². The van der Waals surface area contributed by atoms with E-state index in [0.29, 0.717) is 31.6 Å². The molecule has 46 heavy (non-hydrogen) atoms. The fraction of sp³-hybridized carbons (Fsp3) is 0.343. The van der Waals surface area contributed by atoms with Crippen LogP contribution < -0.4 is 9.80 Å². The maximum absolute atomic E-state index is 14.0. The number of nitrogens with zero attached hydrogens (tertiary/aromatic N) is 4. The van der Waals surface area contributed by atoms with E-state index < -0.39 is 22.3 Å². The van der Waals surface area contributed by atoms with E-state index in [4.69, 9.17) is 0 Å². The van der Waals surface area contributed by atoms with Gasteiger partial charge in [-0.3, -0.25) is 24.5 Å². The molecule has 3 atom stereocenters. The van der Waals surface area contributed by atoms with Crippen molar-refractivity contribution in [2.75, 3.05) is 23.0 Å². The summed E-state index contributed by atoms with van der Waals surface area (Å²) in [5.41, 5.74) is 1.80. The van der Waals surface area contributed by atoms with Gasteiger partial charge >= 0.3 is 0 Å². The van der Waals surface area contributed by atoms with Crippen molar-refractivity contribution in [2.45, 2.75) is 57.3 Å². The van der Waals surface area contributed by atoms with E-state index in [9.17, 15) is 34.7 Å². The number of rotatable bonds is 9. The number of fused-ring (bicyclic) bond motifs is 2. The monoisotopic (exact) mass is 624 g/mol. The molecule has 2 N–H and O–H groups in total. The minimum absolute atomic E-state index is 0.00927. The number of nitro groups is 1. The van der Waals surface area contributed by atoms with Crippen molar-refractivity contribution >= 4 is 34.8 Å². The third-order valence-corrected chi connectivity index (χ3v) is 9.39. The third kappa shape index (κ3) is 5.56. The summed E-state index contributed by atoms with van der Waals surface area (Å²) in [6.07, 6.45) is 5.06. The maximum atomic E-state index is 14.0. The molecule has 0 aliphatic carbocycles. The molecule has 0 radical (unpaired) electrons. The molecule has 3 heterocycles. The number of hydrogen-bond acceptors (Lipinski definition) is 7. The van der Waals surface area contributed by atoms with Crippen LogP contribution in [0, 0.1) is 16.0 Å². The summed E-state index contributed by atoms with van der Waals surface area (Å²) < 4.78 is 0. The van der Waals surface area contributed by atoms with E-state index in [1.165, 1.54) is 23.1 Å². The number of aliphatic hydroxyl groups excluding tert-OH is 1. The molecule has 0 aromatic heterocycles. The molecule has 3 aromatic carbocycles. The average molecular weight is 625 g/mol. The highest BCUT2D eigenvalue weighted by atomic mass is 16.6. The van der Waals surface area contributed by atoms with Crippen LogP contribution in [-0.2, 0) is 39.5 Å². The molecule has 3 aliphatic heterocycles. The van der Waals surface area contributed by atoms with Crippen LogP contribution in [0.3, 0.4) is 0 Å². The Hall–Kier alpha value is -4.87. The highest BCUT2D eigenvalue weighted by Crippen LogP contribution is 2.47. The highest BCUT2D eigenvalue weighted by Gasteiger charge is 2.53. The zero-order valence-corrected chi connectivity index (χ0v) is 25.5. The van der Waals surface area contributed by atoms with Crippen LogP contribution in [-0.4, -0.2) is 57.0 Å². The van der Waals surface area contributed by atoms with Crippen LogP contribution in [0.15, 0.2) is 78.9 Å². The topological polar surface area (TPSA) is 145 Å². The summed E-state index contributed by atoms with van der Waals surface area (Å²) in [7, 11) is 0. The number of aliphatic hydroxyl groups is 2. The largest absolute Gasteiger partial charge is 0.394 e. The Labute approximate surface area is 266 Å². The Morgan fingerprint density at radius 1 is 1.11 bits per heavy atom. The molecule has 0 unspecified atom stereocenters. The van der Waals surface area contributed by atoms with Crippen molar-refractivity contribution in [2.24, 2.45) is 5.92 Å². The Balaban J connectivity index is 1.22. The number of nitro benzene ring substituents is 1. The fourth-order valence-electron chi connectivity index (χ4n) is 6.76. The Kier molecular flexibility index (Phi) is 8.45. The Morgan fingerprint density at radius 2 is 1.85 bits per heavy atom. The second-order valence-electron chi connectivity index (χ2n) is 12.2. The lowest BCUT2D eigenvalue weighted by atomic mass is 9.82. The number of hydrogen-bond donors (Lipinski definition) is 2. The van der Waals surface area contributed by atoms with Gasteiger partial charge in [0.2, 0.25) is 11.8 Å². The van der Waals surface area contributed by atoms with Crippen molar-refractivity contribution in [1.82, 2.24) is 4.90 Å². The van der Waals surface area contributed by atoms with Crippen molar-refractivity contribution in [3.8, 4) is 0 Å². The molecule has 1 saturated heterocycles. The van der Waals surface area contributed by atoms with Crippen molar-refractivity contribution in [1.29, 1.82) is 0 Å². The SMILES string of the molecule is C[C@@H](/C=C/CC(=O)N1Cc2ccccc2C[C@H]1CO)[C@]1(O)C(=O)N(Cc2ccc(N3CCCC3=O)cc2)c2ccc([N+](=O)[O-])cc21. The van der Waals surface area contributed by atoms with Gasteiger partial charge in [0.05, 0.1) is 29.8 Å². The number of benzene rings is 3. The van der Waals surface area contributed by atoms with Gasteiger partial charge in [0, 0.05) is 55.2 Å². The molecular formula is C35H36N4O7. The Morgan fingerprint density at radius 3 is 2.52 bits per heavy atom. The molecule has 6 rings (SSSR count). The molecule has 1 fully saturated rings. The first kappa shape index (κ1) is 31.1. The first-order chi connectivity index (χ1) is 22.1. The molecular weight excluding hydrogens is 588 g/mol. The van der Waals surface area contributed by atoms with Gasteiger partial charge < -0.3 is 24.9 Å². The second-order valence-corrected chi connectivity index (χ2v) is 12.2. The van der Waals surface area contributed by atoms with Gasteiger partial charge in [-0.05, 0) is 47.7 Å². The number of carbonyl (C=O) groups is 3. The van der Waals surface area contributed by atoms with E-state index in [0.717, 1.165) is 28.8 Å². The first-order valence-electron chi connectivity index (χ1n) is 15.5. The minimum atomic E-state index is -2.11. The summed E-state index contributed by atoms with van der Waals surface area (Å²) >= 11 is 0. The minimum Gasteiger partial charge on any atom is -0.394 e. The van der Waals surface area contributed by atoms with Crippen molar-refractivity contribution in [3.63, 3.8) is 0 Å². The fourth-order valence-corrected chi connectivity index (χ4v) is 6.76. The van der Waals surface area contributed by atoms with Crippen LogP contribution in [0.4, 0.5) is 17.1 Å². The molecule has 11 heteroatoms. The summed E-state index contributed by atoms with van der Waals surface area (Å²) in [6.45, 7) is 2.62. The standard InChI is InChI=1S/C35H36N4O7/c1-23(6-4-9-33(42)37-21-26-8-3-2-7-25(26)18-29(37)22-40)35(44)30-19-28(39(45)46)15-16-31(30)38(34(35)43)20-24-11-13-27(14-12-24)36-17-5-10-32(36)41/h2-4,6-8,11-16,19,23,29,40,44H,5,9-10,17-18,20-22H2,1H3/b6-4+/t23-,29-,35+/m0/s1. The van der Waals surface area contributed by atoms with E-state index in [-0.39, 0.29) is 48.7 Å². The van der Waals surface area contributed by atoms with E-state index in [1.807, 2.05) is 48.5 Å². The summed E-state index contributed by atoms with van der Waals surface area (Å²) in [5.74, 6) is -1.59. The number of non-ortho nitro benzene ring substituents is 1. The first-order valence-corrected chi connectivity index (χ1v) is 15.5. The lowest BCUT2D eigenvalue weighted by Crippen LogP contribution is -2.46. The van der Waals surface area contributed by atoms with Crippen molar-refractivity contribution in [3.05, 3.63) is 111 Å². The van der Waals surface area contributed by atoms with Crippen LogP contribution >= 0.6 is 0 Å². The van der Waals surface area contributed by atoms with E-state index >= 15 is 0 Å². The van der Waals surface area contributed by atoms with Crippen LogP contribution in [0.5, 0.6) is 0 Å². The third-order valence-electron chi connectivity index (χ3n) is 9.39. The summed E-state index contributed by atoms with van der Waals surface area (Å²) in [5, 5.41) is 33.6. The maximum Gasteiger partial charge on any atom is 0.269 e. The summed E-state index contributed by atoms with van der Waals surface area (Å²) in [6, 6.07) is 18.8. The zero-order valence-electron chi connectivity index (χ0n) is 25.5. The predicted octanol–water partition coefficient (Wildman–Crippen LogP) is 3.98. The predicted molar refractivity (Wildman–Crippen MR) is 171 cm³/mol. The van der Waals surface area contributed by atoms with Crippen LogP contribution in [0.2, 0.25) is 0 Å². The zero-order chi connectivity index (χ0) is 32.6. The number of amides is 3. The molecule has 0 spiro atoms. The number of anilines is 2. The van der Waals surface area contributed by atoms with Gasteiger partial charge in [-0.15, -0.1) is 0 Å². The molecule has 3 aromatic rings. The van der Waals surface area contributed by atoms with Gasteiger partial charge in [-0.25, -0.2) is 0 Å². The smallest absolute Gasteiger partial charge is 0.269 e. The average Bonchev–Trinajstić information content (AvgIpc) is 3.59. The van der Waals surface area contributed by atoms with Gasteiger partial charge in [0.1, 0.15) is 0 Å². The summed E-state index contributed by atoms with van der Waals surface area (Å²) in [4.78, 5) is 55.3. The lowest BCUT2D eigenvalue weighted by Gasteiger charge is -2.36. The van der Waals surface area contributed by atoms with Gasteiger partial charge in [0.15, 0.2) is 5.60 Å². The van der Waals surface area contributed by atoms with Gasteiger partial charge in [-0.1, -0.05) is 55.5 Å². The second kappa shape index (κ2) is 12.5. The number of carbonyl (C=O) groups excluding carboxylic acids is 3. The van der Waals surface area contributed by atoms with Crippen molar-refractivity contribution < 1.29 is 29.5 Å². The molecule has 0 bridgehead atoms.